The normalized spacial score (nSPS) is 11.1. The Hall–Kier alpha value is -3.92. The van der Waals surface area contributed by atoms with Crippen molar-refractivity contribution in [1.82, 2.24) is 9.97 Å². The lowest BCUT2D eigenvalue weighted by atomic mass is 9.99. The molecule has 0 saturated carbocycles. The highest BCUT2D eigenvalue weighted by Crippen LogP contribution is 2.35. The molecule has 0 aliphatic heterocycles. The molecule has 158 valence electrons. The average molecular weight is 419 g/mol. The molecule has 2 aromatic heterocycles. The number of aromatic nitrogens is 2. The highest BCUT2D eigenvalue weighted by Gasteiger charge is 2.14. The van der Waals surface area contributed by atoms with Crippen LogP contribution >= 0.6 is 0 Å². The summed E-state index contributed by atoms with van der Waals surface area (Å²) in [5, 5.41) is 8.84. The van der Waals surface area contributed by atoms with Crippen LogP contribution in [-0.2, 0) is 0 Å². The van der Waals surface area contributed by atoms with Crippen molar-refractivity contribution in [2.45, 2.75) is 13.8 Å². The van der Waals surface area contributed by atoms with Crippen molar-refractivity contribution < 1.29 is 0 Å². The summed E-state index contributed by atoms with van der Waals surface area (Å²) in [5.74, 6) is 0. The van der Waals surface area contributed by atoms with Gasteiger partial charge in [-0.2, -0.15) is 0 Å². The van der Waals surface area contributed by atoms with Crippen LogP contribution in [0, 0.1) is 13.8 Å². The van der Waals surface area contributed by atoms with Crippen LogP contribution in [0.1, 0.15) is 11.1 Å². The van der Waals surface area contributed by atoms with E-state index in [1.54, 1.807) is 0 Å². The Balaban J connectivity index is 1.83. The molecule has 0 atom stereocenters. The molecule has 0 saturated heterocycles. The monoisotopic (exact) mass is 418 g/mol. The van der Waals surface area contributed by atoms with Gasteiger partial charge in [-0.3, -0.25) is 0 Å². The molecule has 0 bridgehead atoms. The second-order valence-corrected chi connectivity index (χ2v) is 8.10. The molecular weight excluding hydrogens is 392 g/mol. The van der Waals surface area contributed by atoms with Crippen LogP contribution in [0.5, 0.6) is 0 Å². The lowest BCUT2D eigenvalue weighted by molar-refractivity contribution is 1.32. The molecule has 3 aromatic carbocycles. The number of pyridine rings is 2. The summed E-state index contributed by atoms with van der Waals surface area (Å²) < 4.78 is 0. The van der Waals surface area contributed by atoms with Crippen molar-refractivity contribution in [1.29, 1.82) is 0 Å². The third-order valence-electron chi connectivity index (χ3n) is 6.12. The van der Waals surface area contributed by atoms with Gasteiger partial charge in [0.2, 0.25) is 0 Å². The fourth-order valence-corrected chi connectivity index (χ4v) is 4.44. The number of rotatable bonds is 4. The van der Waals surface area contributed by atoms with E-state index in [1.165, 1.54) is 11.1 Å². The molecule has 0 amide bonds. The minimum absolute atomic E-state index is 0.940. The van der Waals surface area contributed by atoms with Crippen LogP contribution in [0.15, 0.2) is 72.8 Å². The van der Waals surface area contributed by atoms with Crippen LogP contribution in [0.3, 0.4) is 0 Å². The van der Waals surface area contributed by atoms with Gasteiger partial charge in [-0.1, -0.05) is 48.5 Å². The molecule has 0 spiro atoms. The van der Waals surface area contributed by atoms with E-state index < -0.39 is 0 Å². The zero-order valence-corrected chi connectivity index (χ0v) is 18.8. The maximum Gasteiger partial charge on any atom is 0.0975 e. The van der Waals surface area contributed by atoms with E-state index in [-0.39, 0.29) is 0 Å². The molecule has 2 N–H and O–H groups in total. The number of hydrogen-bond donors (Lipinski definition) is 2. The van der Waals surface area contributed by atoms with E-state index in [1.807, 2.05) is 26.2 Å². The van der Waals surface area contributed by atoms with Crippen molar-refractivity contribution in [2.24, 2.45) is 0 Å². The lowest BCUT2D eigenvalue weighted by Gasteiger charge is -2.14. The number of nitrogens with zero attached hydrogens (tertiary/aromatic N) is 2. The molecule has 4 heteroatoms. The molecule has 4 nitrogen and oxygen atoms in total. The molecule has 0 fully saturated rings. The van der Waals surface area contributed by atoms with Crippen LogP contribution in [0.25, 0.3) is 44.3 Å². The number of aryl methyl sites for hydroxylation is 2. The Morgan fingerprint density at radius 2 is 0.969 bits per heavy atom. The van der Waals surface area contributed by atoms with Gasteiger partial charge in [-0.25, -0.2) is 9.97 Å². The Kier molecular flexibility index (Phi) is 4.98. The third-order valence-corrected chi connectivity index (χ3v) is 6.12. The first-order valence-electron chi connectivity index (χ1n) is 10.9. The molecule has 5 rings (SSSR count). The maximum atomic E-state index is 5.14. The first-order chi connectivity index (χ1) is 15.6. The minimum atomic E-state index is 0.940. The summed E-state index contributed by atoms with van der Waals surface area (Å²) in [6.45, 7) is 4.29. The highest BCUT2D eigenvalue weighted by molar-refractivity contribution is 6.06. The molecule has 32 heavy (non-hydrogen) atoms. The summed E-state index contributed by atoms with van der Waals surface area (Å²) in [4.78, 5) is 10.3. The van der Waals surface area contributed by atoms with Gasteiger partial charge in [0.15, 0.2) is 0 Å². The summed E-state index contributed by atoms with van der Waals surface area (Å²) in [6.07, 6.45) is 0. The van der Waals surface area contributed by atoms with Gasteiger partial charge in [-0.15, -0.1) is 0 Å². The van der Waals surface area contributed by atoms with E-state index in [0.717, 1.165) is 55.7 Å². The summed E-state index contributed by atoms with van der Waals surface area (Å²) in [6, 6.07) is 25.2. The van der Waals surface area contributed by atoms with E-state index in [4.69, 9.17) is 9.97 Å². The van der Waals surface area contributed by atoms with Crippen molar-refractivity contribution in [3.63, 3.8) is 0 Å². The number of hydrogen-bond acceptors (Lipinski definition) is 4. The first-order valence-corrected chi connectivity index (χ1v) is 10.9. The van der Waals surface area contributed by atoms with Crippen LogP contribution in [0.4, 0.5) is 11.4 Å². The standard InChI is InChI=1S/C28H26N4/c1-17-15-25(21-9-5-7-11-23(21)29-3)31-27-19(17)13-14-20-18(2)16-26(32-28(20)27)22-10-6-8-12-24(22)30-4/h5-16,29-30H,1-4H3. The number of benzene rings is 3. The Morgan fingerprint density at radius 1 is 0.562 bits per heavy atom. The van der Waals surface area contributed by atoms with Crippen molar-refractivity contribution in [3.05, 3.63) is 83.9 Å². The smallest absolute Gasteiger partial charge is 0.0975 e. The maximum absolute atomic E-state index is 5.14. The number of fused-ring (bicyclic) bond motifs is 3. The summed E-state index contributed by atoms with van der Waals surface area (Å²) >= 11 is 0. The summed E-state index contributed by atoms with van der Waals surface area (Å²) in [7, 11) is 3.89. The number of nitrogens with one attached hydrogen (secondary N) is 2. The third kappa shape index (κ3) is 3.25. The molecule has 0 unspecified atom stereocenters. The lowest BCUT2D eigenvalue weighted by Crippen LogP contribution is -1.98. The fourth-order valence-electron chi connectivity index (χ4n) is 4.44. The average Bonchev–Trinajstić information content (AvgIpc) is 2.83. The van der Waals surface area contributed by atoms with Gasteiger partial charge >= 0.3 is 0 Å². The Labute approximate surface area is 188 Å². The predicted molar refractivity (Wildman–Crippen MR) is 136 cm³/mol. The SMILES string of the molecule is CNc1ccccc1-c1cc(C)c2ccc3c(C)cc(-c4ccccc4NC)nc3c2n1. The molecule has 2 heterocycles. The van der Waals surface area contributed by atoms with Crippen molar-refractivity contribution in [2.75, 3.05) is 24.7 Å². The molecule has 0 radical (unpaired) electrons. The van der Waals surface area contributed by atoms with Gasteiger partial charge in [0.1, 0.15) is 0 Å². The second kappa shape index (κ2) is 7.97. The molecule has 5 aromatic rings. The van der Waals surface area contributed by atoms with Crippen molar-refractivity contribution in [3.8, 4) is 22.5 Å². The van der Waals surface area contributed by atoms with Crippen LogP contribution in [-0.4, -0.2) is 24.1 Å². The van der Waals surface area contributed by atoms with Crippen LogP contribution in [0.2, 0.25) is 0 Å². The zero-order chi connectivity index (χ0) is 22.2. The molecular formula is C28H26N4. The topological polar surface area (TPSA) is 49.8 Å². The first kappa shape index (κ1) is 20.0. The van der Waals surface area contributed by atoms with Gasteiger partial charge < -0.3 is 10.6 Å². The van der Waals surface area contributed by atoms with Gasteiger partial charge in [-0.05, 0) is 49.2 Å². The van der Waals surface area contributed by atoms with E-state index >= 15 is 0 Å². The predicted octanol–water partition coefficient (Wildman–Crippen LogP) is 6.82. The Morgan fingerprint density at radius 3 is 1.38 bits per heavy atom. The minimum Gasteiger partial charge on any atom is -0.388 e. The largest absolute Gasteiger partial charge is 0.388 e. The highest BCUT2D eigenvalue weighted by atomic mass is 14.8. The molecule has 0 aliphatic rings. The van der Waals surface area contributed by atoms with E-state index in [9.17, 15) is 0 Å². The van der Waals surface area contributed by atoms with Gasteiger partial charge in [0.25, 0.3) is 0 Å². The second-order valence-electron chi connectivity index (χ2n) is 8.10. The van der Waals surface area contributed by atoms with Gasteiger partial charge in [0, 0.05) is 47.4 Å². The fraction of sp³-hybridized carbons (Fsp3) is 0.143. The van der Waals surface area contributed by atoms with Gasteiger partial charge in [0.05, 0.1) is 22.4 Å². The van der Waals surface area contributed by atoms with Crippen LogP contribution < -0.4 is 10.6 Å². The quantitative estimate of drug-likeness (QED) is 0.315. The zero-order valence-electron chi connectivity index (χ0n) is 18.8. The number of anilines is 2. The Bertz CT molecular complexity index is 1360. The van der Waals surface area contributed by atoms with Crippen molar-refractivity contribution >= 4 is 33.2 Å². The van der Waals surface area contributed by atoms with E-state index in [0.29, 0.717) is 0 Å². The van der Waals surface area contributed by atoms with E-state index in [2.05, 4.69) is 85.1 Å². The summed E-state index contributed by atoms with van der Waals surface area (Å²) in [5.41, 5.74) is 10.5. The molecule has 0 aliphatic carbocycles. The number of para-hydroxylation sites is 2.